The predicted octanol–water partition coefficient (Wildman–Crippen LogP) is 3.19. The van der Waals surface area contributed by atoms with Crippen LogP contribution in [0.1, 0.15) is 24.0 Å². The summed E-state index contributed by atoms with van der Waals surface area (Å²) in [5.41, 5.74) is 2.00. The molecule has 3 rings (SSSR count). The zero-order chi connectivity index (χ0) is 20.1. The summed E-state index contributed by atoms with van der Waals surface area (Å²) >= 11 is 0. The van der Waals surface area contributed by atoms with Crippen molar-refractivity contribution in [2.75, 3.05) is 13.1 Å². The number of oxime groups is 1. The quantitative estimate of drug-likeness (QED) is 0.716. The molecule has 0 spiro atoms. The van der Waals surface area contributed by atoms with Gasteiger partial charge in [-0.15, -0.1) is 0 Å². The van der Waals surface area contributed by atoms with Gasteiger partial charge in [-0.1, -0.05) is 17.3 Å². The summed E-state index contributed by atoms with van der Waals surface area (Å²) in [7, 11) is -4.12. The SMILES string of the molecule is N#Cc1cccc(CON=C2CCN(S(=O)(=O)c3cc(F)ccc3F)CC2)c1. The van der Waals surface area contributed by atoms with E-state index in [0.717, 1.165) is 22.0 Å². The van der Waals surface area contributed by atoms with Gasteiger partial charge in [0.2, 0.25) is 10.0 Å². The third-order valence-corrected chi connectivity index (χ3v) is 6.21. The molecule has 0 amide bonds. The van der Waals surface area contributed by atoms with Gasteiger partial charge < -0.3 is 4.84 Å². The number of rotatable bonds is 5. The van der Waals surface area contributed by atoms with E-state index in [2.05, 4.69) is 5.16 Å². The van der Waals surface area contributed by atoms with Gasteiger partial charge in [-0.2, -0.15) is 9.57 Å². The Morgan fingerprint density at radius 1 is 1.14 bits per heavy atom. The highest BCUT2D eigenvalue weighted by Crippen LogP contribution is 2.23. The summed E-state index contributed by atoms with van der Waals surface area (Å²) in [6, 6.07) is 11.3. The largest absolute Gasteiger partial charge is 0.391 e. The molecule has 0 N–H and O–H groups in total. The number of piperidine rings is 1. The van der Waals surface area contributed by atoms with Crippen molar-refractivity contribution in [3.8, 4) is 6.07 Å². The summed E-state index contributed by atoms with van der Waals surface area (Å²) < 4.78 is 53.4. The van der Waals surface area contributed by atoms with E-state index in [4.69, 9.17) is 10.1 Å². The van der Waals surface area contributed by atoms with Crippen LogP contribution < -0.4 is 0 Å². The maximum atomic E-state index is 13.8. The standard InChI is InChI=1S/C19H17F2N3O3S/c20-16-4-5-18(21)19(11-16)28(25,26)24-8-6-17(7-9-24)23-27-13-15-3-1-2-14(10-15)12-22/h1-5,10-11H,6-9,13H2. The first kappa shape index (κ1) is 19.9. The Morgan fingerprint density at radius 3 is 2.61 bits per heavy atom. The maximum Gasteiger partial charge on any atom is 0.246 e. The third kappa shape index (κ3) is 4.52. The number of nitriles is 1. The predicted molar refractivity (Wildman–Crippen MR) is 97.7 cm³/mol. The van der Waals surface area contributed by atoms with Crippen molar-refractivity contribution < 1.29 is 22.0 Å². The third-order valence-electron chi connectivity index (χ3n) is 4.29. The summed E-state index contributed by atoms with van der Waals surface area (Å²) in [5.74, 6) is -1.79. The van der Waals surface area contributed by atoms with Gasteiger partial charge in [-0.3, -0.25) is 0 Å². The fraction of sp³-hybridized carbons (Fsp3) is 0.263. The number of hydrogen-bond donors (Lipinski definition) is 0. The first-order valence-corrected chi connectivity index (χ1v) is 9.96. The molecule has 0 radical (unpaired) electrons. The lowest BCUT2D eigenvalue weighted by molar-refractivity contribution is 0.128. The Morgan fingerprint density at radius 2 is 1.89 bits per heavy atom. The van der Waals surface area contributed by atoms with Crippen molar-refractivity contribution in [2.45, 2.75) is 24.3 Å². The van der Waals surface area contributed by atoms with Crippen molar-refractivity contribution in [3.05, 3.63) is 65.2 Å². The molecule has 146 valence electrons. The van der Waals surface area contributed by atoms with Gasteiger partial charge in [-0.25, -0.2) is 17.2 Å². The molecule has 0 aromatic heterocycles. The van der Waals surface area contributed by atoms with Crippen LogP contribution in [0.25, 0.3) is 0 Å². The molecule has 0 aliphatic carbocycles. The van der Waals surface area contributed by atoms with Gasteiger partial charge >= 0.3 is 0 Å². The maximum absolute atomic E-state index is 13.8. The van der Waals surface area contributed by atoms with Crippen LogP contribution in [0.2, 0.25) is 0 Å². The fourth-order valence-electron chi connectivity index (χ4n) is 2.82. The first-order valence-electron chi connectivity index (χ1n) is 8.52. The molecule has 0 unspecified atom stereocenters. The number of benzene rings is 2. The molecule has 28 heavy (non-hydrogen) atoms. The van der Waals surface area contributed by atoms with Crippen LogP contribution in [0.4, 0.5) is 8.78 Å². The highest BCUT2D eigenvalue weighted by atomic mass is 32.2. The Labute approximate surface area is 161 Å². The summed E-state index contributed by atoms with van der Waals surface area (Å²) in [4.78, 5) is 4.63. The molecule has 9 heteroatoms. The van der Waals surface area contributed by atoms with E-state index in [1.807, 2.05) is 12.1 Å². The molecule has 0 atom stereocenters. The van der Waals surface area contributed by atoms with E-state index in [9.17, 15) is 17.2 Å². The Kier molecular flexibility index (Phi) is 6.02. The van der Waals surface area contributed by atoms with Crippen LogP contribution >= 0.6 is 0 Å². The van der Waals surface area contributed by atoms with E-state index < -0.39 is 26.6 Å². The minimum atomic E-state index is -4.12. The van der Waals surface area contributed by atoms with Crippen LogP contribution in [0, 0.1) is 23.0 Å². The zero-order valence-corrected chi connectivity index (χ0v) is 15.6. The average Bonchev–Trinajstić information content (AvgIpc) is 2.70. The number of halogens is 2. The van der Waals surface area contributed by atoms with Crippen molar-refractivity contribution in [2.24, 2.45) is 5.16 Å². The fourth-order valence-corrected chi connectivity index (χ4v) is 4.34. The highest BCUT2D eigenvalue weighted by molar-refractivity contribution is 7.89. The molecule has 1 fully saturated rings. The van der Waals surface area contributed by atoms with Crippen LogP contribution in [0.5, 0.6) is 0 Å². The lowest BCUT2D eigenvalue weighted by Crippen LogP contribution is -2.39. The molecule has 2 aromatic rings. The highest BCUT2D eigenvalue weighted by Gasteiger charge is 2.30. The van der Waals surface area contributed by atoms with Crippen LogP contribution in [-0.4, -0.2) is 31.5 Å². The topological polar surface area (TPSA) is 82.8 Å². The van der Waals surface area contributed by atoms with Gasteiger partial charge in [0, 0.05) is 25.9 Å². The Hall–Kier alpha value is -2.83. The van der Waals surface area contributed by atoms with Gasteiger partial charge in [0.05, 0.1) is 17.3 Å². The van der Waals surface area contributed by atoms with Crippen LogP contribution in [0.15, 0.2) is 52.5 Å². The molecular formula is C19H17F2N3O3S. The van der Waals surface area contributed by atoms with Crippen molar-refractivity contribution in [3.63, 3.8) is 0 Å². The summed E-state index contributed by atoms with van der Waals surface area (Å²) in [6.45, 7) is 0.393. The van der Waals surface area contributed by atoms with Gasteiger partial charge in [0.1, 0.15) is 23.1 Å². The van der Waals surface area contributed by atoms with Crippen molar-refractivity contribution in [1.82, 2.24) is 4.31 Å². The molecule has 2 aromatic carbocycles. The normalized spacial score (nSPS) is 15.1. The van der Waals surface area contributed by atoms with E-state index in [0.29, 0.717) is 30.2 Å². The lowest BCUT2D eigenvalue weighted by Gasteiger charge is -2.26. The number of sulfonamides is 1. The molecule has 0 saturated carbocycles. The molecule has 1 heterocycles. The molecule has 0 bridgehead atoms. The molecular weight excluding hydrogens is 388 g/mol. The van der Waals surface area contributed by atoms with Gasteiger partial charge in [-0.05, 0) is 35.9 Å². The lowest BCUT2D eigenvalue weighted by atomic mass is 10.1. The number of nitrogens with zero attached hydrogens (tertiary/aromatic N) is 3. The van der Waals surface area contributed by atoms with Gasteiger partial charge in [0.15, 0.2) is 0 Å². The van der Waals surface area contributed by atoms with Crippen LogP contribution in [0.3, 0.4) is 0 Å². The van der Waals surface area contributed by atoms with Crippen molar-refractivity contribution >= 4 is 15.7 Å². The second kappa shape index (κ2) is 8.46. The molecule has 1 aliphatic heterocycles. The Balaban J connectivity index is 1.60. The summed E-state index contributed by atoms with van der Waals surface area (Å²) in [5, 5.41) is 12.9. The second-order valence-corrected chi connectivity index (χ2v) is 8.13. The van der Waals surface area contributed by atoms with E-state index in [1.54, 1.807) is 18.2 Å². The van der Waals surface area contributed by atoms with Gasteiger partial charge in [0.25, 0.3) is 0 Å². The minimum absolute atomic E-state index is 0.102. The average molecular weight is 405 g/mol. The van der Waals surface area contributed by atoms with E-state index in [-0.39, 0.29) is 19.7 Å². The van der Waals surface area contributed by atoms with E-state index >= 15 is 0 Å². The first-order chi connectivity index (χ1) is 13.4. The minimum Gasteiger partial charge on any atom is -0.391 e. The summed E-state index contributed by atoms with van der Waals surface area (Å²) in [6.07, 6.45) is 0.656. The van der Waals surface area contributed by atoms with Crippen LogP contribution in [-0.2, 0) is 21.5 Å². The van der Waals surface area contributed by atoms with Crippen molar-refractivity contribution in [1.29, 1.82) is 5.26 Å². The second-order valence-electron chi connectivity index (χ2n) is 6.22. The van der Waals surface area contributed by atoms with E-state index in [1.165, 1.54) is 0 Å². The molecule has 1 saturated heterocycles. The molecule has 6 nitrogen and oxygen atoms in total. The number of hydrogen-bond acceptors (Lipinski definition) is 5. The Bertz CT molecular complexity index is 1040. The smallest absolute Gasteiger partial charge is 0.246 e. The molecule has 1 aliphatic rings. The zero-order valence-electron chi connectivity index (χ0n) is 14.8. The monoisotopic (exact) mass is 405 g/mol.